The van der Waals surface area contributed by atoms with Crippen molar-refractivity contribution in [3.63, 3.8) is 0 Å². The first-order valence-corrected chi connectivity index (χ1v) is 6.87. The van der Waals surface area contributed by atoms with Gasteiger partial charge < -0.3 is 9.94 Å². The van der Waals surface area contributed by atoms with Crippen molar-refractivity contribution in [1.29, 1.82) is 0 Å². The van der Waals surface area contributed by atoms with Gasteiger partial charge in [-0.1, -0.05) is 43.2 Å². The Morgan fingerprint density at radius 1 is 1.00 bits per heavy atom. The fraction of sp³-hybridized carbons (Fsp3) is 0.467. The second-order valence-corrected chi connectivity index (χ2v) is 4.59. The average Bonchev–Trinajstić information content (AvgIpc) is 2.43. The Morgan fingerprint density at radius 2 is 1.65 bits per heavy atom. The number of hydrogen-bond donors (Lipinski definition) is 2. The molecule has 1 rings (SSSR count). The number of hydroxylamine groups is 1. The highest BCUT2D eigenvalue weighted by Gasteiger charge is 2.03. The maximum absolute atomic E-state index is 11.4. The van der Waals surface area contributed by atoms with Gasteiger partial charge in [-0.05, 0) is 18.4 Å². The summed E-state index contributed by atoms with van der Waals surface area (Å²) in [6.45, 7) is 0.491. The molecule has 0 unspecified atom stereocenters. The van der Waals surface area contributed by atoms with Gasteiger partial charge in [0.1, 0.15) is 0 Å². The molecule has 0 aliphatic rings. The topological polar surface area (TPSA) is 75.6 Å². The highest BCUT2D eigenvalue weighted by molar-refractivity contribution is 5.68. The number of carboxylic acid groups (broad SMARTS) is 1. The Hall–Kier alpha value is -1.88. The van der Waals surface area contributed by atoms with Crippen LogP contribution in [0.1, 0.15) is 44.1 Å². The molecule has 0 amide bonds. The predicted molar refractivity (Wildman–Crippen MR) is 74.7 cm³/mol. The number of unbranched alkanes of at least 4 members (excludes halogenated alkanes) is 3. The lowest BCUT2D eigenvalue weighted by molar-refractivity contribution is -0.151. The predicted octanol–water partition coefficient (Wildman–Crippen LogP) is 2.66. The van der Waals surface area contributed by atoms with Crippen molar-refractivity contribution in [3.8, 4) is 0 Å². The lowest BCUT2D eigenvalue weighted by Gasteiger charge is -2.05. The lowest BCUT2D eigenvalue weighted by Crippen LogP contribution is -2.19. The van der Waals surface area contributed by atoms with E-state index in [1.165, 1.54) is 0 Å². The van der Waals surface area contributed by atoms with Crippen molar-refractivity contribution in [2.75, 3.05) is 0 Å². The van der Waals surface area contributed by atoms with Crippen molar-refractivity contribution in [3.05, 3.63) is 35.9 Å². The van der Waals surface area contributed by atoms with E-state index in [2.05, 4.69) is 5.48 Å². The van der Waals surface area contributed by atoms with Crippen molar-refractivity contribution in [1.82, 2.24) is 5.48 Å². The summed E-state index contributed by atoms with van der Waals surface area (Å²) in [5, 5.41) is 8.47. The lowest BCUT2D eigenvalue weighted by atomic mass is 10.1. The van der Waals surface area contributed by atoms with Gasteiger partial charge in [0.05, 0.1) is 6.54 Å². The van der Waals surface area contributed by atoms with Crippen LogP contribution in [0.5, 0.6) is 0 Å². The molecule has 1 aromatic rings. The van der Waals surface area contributed by atoms with E-state index in [4.69, 9.17) is 9.94 Å². The summed E-state index contributed by atoms with van der Waals surface area (Å²) in [5.41, 5.74) is 3.69. The Morgan fingerprint density at radius 3 is 2.30 bits per heavy atom. The van der Waals surface area contributed by atoms with Crippen molar-refractivity contribution in [2.45, 2.75) is 45.1 Å². The molecule has 5 heteroatoms. The van der Waals surface area contributed by atoms with E-state index < -0.39 is 5.97 Å². The summed E-state index contributed by atoms with van der Waals surface area (Å²) in [6, 6.07) is 9.68. The molecule has 0 atom stereocenters. The fourth-order valence-electron chi connectivity index (χ4n) is 1.75. The highest BCUT2D eigenvalue weighted by Crippen LogP contribution is 2.06. The standard InChI is InChI=1S/C15H21NO4/c17-14(18)10-6-1-2-7-11-15(19)20-16-12-13-8-4-3-5-9-13/h3-5,8-9,16H,1-2,6-7,10-12H2,(H,17,18). The Kier molecular flexibility index (Phi) is 8.07. The first-order chi connectivity index (χ1) is 9.68. The summed E-state index contributed by atoms with van der Waals surface area (Å²) < 4.78 is 0. The van der Waals surface area contributed by atoms with Crippen LogP contribution in [0.15, 0.2) is 30.3 Å². The molecule has 0 saturated heterocycles. The second kappa shape index (κ2) is 9.97. The number of rotatable bonds is 10. The van der Waals surface area contributed by atoms with E-state index in [9.17, 15) is 9.59 Å². The monoisotopic (exact) mass is 279 g/mol. The van der Waals surface area contributed by atoms with Gasteiger partial charge in [-0.25, -0.2) is 0 Å². The molecule has 0 heterocycles. The first-order valence-electron chi connectivity index (χ1n) is 6.87. The van der Waals surface area contributed by atoms with Crippen LogP contribution in [-0.2, 0) is 21.0 Å². The van der Waals surface area contributed by atoms with Crippen LogP contribution in [0.4, 0.5) is 0 Å². The Balaban J connectivity index is 1.97. The maximum Gasteiger partial charge on any atom is 0.324 e. The van der Waals surface area contributed by atoms with Crippen LogP contribution in [0.2, 0.25) is 0 Å². The molecule has 0 aliphatic heterocycles. The zero-order valence-corrected chi connectivity index (χ0v) is 11.5. The molecule has 0 saturated carbocycles. The number of benzene rings is 1. The van der Waals surface area contributed by atoms with Gasteiger partial charge in [0.2, 0.25) is 0 Å². The van der Waals surface area contributed by atoms with Crippen LogP contribution < -0.4 is 5.48 Å². The second-order valence-electron chi connectivity index (χ2n) is 4.59. The molecule has 2 N–H and O–H groups in total. The molecule has 0 bridgehead atoms. The smallest absolute Gasteiger partial charge is 0.324 e. The summed E-state index contributed by atoms with van der Waals surface area (Å²) in [7, 11) is 0. The quantitative estimate of drug-likeness (QED) is 0.508. The molecule has 0 fully saturated rings. The number of nitrogens with one attached hydrogen (secondary N) is 1. The van der Waals surface area contributed by atoms with Crippen LogP contribution in [0.3, 0.4) is 0 Å². The summed E-state index contributed by atoms with van der Waals surface area (Å²) >= 11 is 0. The molecular weight excluding hydrogens is 258 g/mol. The fourth-order valence-corrected chi connectivity index (χ4v) is 1.75. The summed E-state index contributed by atoms with van der Waals surface area (Å²) in [6.07, 6.45) is 3.62. The van der Waals surface area contributed by atoms with Gasteiger partial charge in [-0.2, -0.15) is 0 Å². The number of carboxylic acids is 1. The number of carbonyl (C=O) groups is 2. The molecule has 110 valence electrons. The van der Waals surface area contributed by atoms with Gasteiger partial charge in [0.15, 0.2) is 0 Å². The van der Waals surface area contributed by atoms with Crippen molar-refractivity contribution in [2.24, 2.45) is 0 Å². The van der Waals surface area contributed by atoms with E-state index in [-0.39, 0.29) is 12.4 Å². The third-order valence-corrected chi connectivity index (χ3v) is 2.83. The van der Waals surface area contributed by atoms with Gasteiger partial charge in [0.25, 0.3) is 0 Å². The van der Waals surface area contributed by atoms with Crippen LogP contribution in [0, 0.1) is 0 Å². The largest absolute Gasteiger partial charge is 0.481 e. The van der Waals surface area contributed by atoms with Crippen molar-refractivity contribution < 1.29 is 19.5 Å². The molecule has 1 aromatic carbocycles. The zero-order chi connectivity index (χ0) is 14.6. The number of hydrogen-bond acceptors (Lipinski definition) is 4. The van der Waals surface area contributed by atoms with Crippen LogP contribution in [-0.4, -0.2) is 17.0 Å². The minimum absolute atomic E-state index is 0.197. The average molecular weight is 279 g/mol. The number of aliphatic carboxylic acids is 1. The minimum atomic E-state index is -0.769. The third-order valence-electron chi connectivity index (χ3n) is 2.83. The summed E-state index contributed by atoms with van der Waals surface area (Å²) in [5.74, 6) is -1.05. The van der Waals surface area contributed by atoms with E-state index >= 15 is 0 Å². The van der Waals surface area contributed by atoms with Crippen LogP contribution in [0.25, 0.3) is 0 Å². The molecule has 5 nitrogen and oxygen atoms in total. The summed E-state index contributed by atoms with van der Waals surface area (Å²) in [4.78, 5) is 26.6. The van der Waals surface area contributed by atoms with Gasteiger partial charge in [-0.3, -0.25) is 9.59 Å². The van der Waals surface area contributed by atoms with E-state index in [1.54, 1.807) is 0 Å². The maximum atomic E-state index is 11.4. The van der Waals surface area contributed by atoms with Gasteiger partial charge in [-0.15, -0.1) is 5.48 Å². The Bertz CT molecular complexity index is 406. The normalized spacial score (nSPS) is 10.2. The van der Waals surface area contributed by atoms with Crippen LogP contribution >= 0.6 is 0 Å². The SMILES string of the molecule is O=C(O)CCCCCCC(=O)ONCc1ccccc1. The van der Waals surface area contributed by atoms with Gasteiger partial charge >= 0.3 is 11.9 Å². The van der Waals surface area contributed by atoms with E-state index in [1.807, 2.05) is 30.3 Å². The van der Waals surface area contributed by atoms with E-state index in [0.29, 0.717) is 19.4 Å². The zero-order valence-electron chi connectivity index (χ0n) is 11.5. The molecular formula is C15H21NO4. The molecule has 20 heavy (non-hydrogen) atoms. The highest BCUT2D eigenvalue weighted by atomic mass is 16.7. The Labute approximate surface area is 118 Å². The molecule has 0 radical (unpaired) electrons. The van der Waals surface area contributed by atoms with Crippen molar-refractivity contribution >= 4 is 11.9 Å². The third kappa shape index (κ3) is 8.26. The number of carbonyl (C=O) groups excluding carboxylic acids is 1. The first kappa shape index (κ1) is 16.2. The minimum Gasteiger partial charge on any atom is -0.481 e. The van der Waals surface area contributed by atoms with E-state index in [0.717, 1.165) is 24.8 Å². The molecule has 0 aromatic heterocycles. The molecule has 0 spiro atoms. The molecule has 0 aliphatic carbocycles. The van der Waals surface area contributed by atoms with Gasteiger partial charge in [0, 0.05) is 12.8 Å².